The van der Waals surface area contributed by atoms with Crippen LogP contribution in [0.2, 0.25) is 0 Å². The van der Waals surface area contributed by atoms with Gasteiger partial charge in [0.15, 0.2) is 0 Å². The number of piperidine rings is 1. The quantitative estimate of drug-likeness (QED) is 0.449. The van der Waals surface area contributed by atoms with Crippen molar-refractivity contribution < 1.29 is 14.3 Å². The topological polar surface area (TPSA) is 58.1 Å². The number of ether oxygens (including phenoxy) is 2. The molecule has 2 saturated heterocycles. The van der Waals surface area contributed by atoms with Crippen molar-refractivity contribution in [3.05, 3.63) is 77.1 Å². The van der Waals surface area contributed by atoms with E-state index in [-0.39, 0.29) is 17.5 Å². The normalized spacial score (nSPS) is 20.8. The van der Waals surface area contributed by atoms with E-state index in [2.05, 4.69) is 65.0 Å². The van der Waals surface area contributed by atoms with Crippen LogP contribution in [0.4, 0.5) is 4.79 Å². The smallest absolute Gasteiger partial charge is 0.325 e. The highest BCUT2D eigenvalue weighted by Gasteiger charge is 2.54. The lowest BCUT2D eigenvalue weighted by Gasteiger charge is -2.44. The van der Waals surface area contributed by atoms with E-state index in [1.165, 1.54) is 10.9 Å². The van der Waals surface area contributed by atoms with E-state index >= 15 is 0 Å². The Labute approximate surface area is 224 Å². The summed E-state index contributed by atoms with van der Waals surface area (Å²) >= 11 is 0. The predicted octanol–water partition coefficient (Wildman–Crippen LogP) is 5.55. The maximum atomic E-state index is 13.9. The molecule has 2 amide bonds. The van der Waals surface area contributed by atoms with Crippen LogP contribution in [0.5, 0.6) is 11.5 Å². The lowest BCUT2D eigenvalue weighted by molar-refractivity contribution is 0.0890. The van der Waals surface area contributed by atoms with E-state index in [4.69, 9.17) is 9.47 Å². The van der Waals surface area contributed by atoms with Gasteiger partial charge in [-0.25, -0.2) is 4.79 Å². The molecule has 3 aliphatic rings. The van der Waals surface area contributed by atoms with Gasteiger partial charge in [0.2, 0.25) is 0 Å². The Morgan fingerprint density at radius 3 is 2.63 bits per heavy atom. The van der Waals surface area contributed by atoms with E-state index in [1.807, 2.05) is 23.2 Å². The highest BCUT2D eigenvalue weighted by Crippen LogP contribution is 2.49. The number of carbonyl (C=O) groups is 1. The minimum Gasteiger partial charge on any atom is -0.497 e. The van der Waals surface area contributed by atoms with Gasteiger partial charge in [0.25, 0.3) is 0 Å². The number of urea groups is 1. The number of nitrogens with zero attached hydrogens (tertiary/aromatic N) is 4. The van der Waals surface area contributed by atoms with Crippen LogP contribution in [0.25, 0.3) is 10.9 Å². The Kier molecular flexibility index (Phi) is 6.26. The standard InChI is InChI=1S/C31H36N4O3/c1-5-35-30(36)34-20-23-17-24(37-3)18-27(38-4)29(23)21(2)16-28(34)31(35)11-14-33(15-12-31)19-22-8-6-10-26-25(22)9-7-13-32-26/h6-10,13,16-18,21H,5,11-12,14-15,19-20H2,1-4H3/t21-/m0/s1. The van der Waals surface area contributed by atoms with E-state index < -0.39 is 0 Å². The Morgan fingerprint density at radius 2 is 1.89 bits per heavy atom. The number of hydrogen-bond donors (Lipinski definition) is 0. The predicted molar refractivity (Wildman–Crippen MR) is 148 cm³/mol. The lowest BCUT2D eigenvalue weighted by atomic mass is 9.82. The van der Waals surface area contributed by atoms with Crippen LogP contribution in [0.1, 0.15) is 49.3 Å². The number of methoxy groups -OCH3 is 2. The third-order valence-electron chi connectivity index (χ3n) is 8.72. The second kappa shape index (κ2) is 9.62. The summed E-state index contributed by atoms with van der Waals surface area (Å²) in [6.45, 7) is 8.30. The molecular formula is C31H36N4O3. The first-order valence-electron chi connectivity index (χ1n) is 13.6. The highest BCUT2D eigenvalue weighted by atomic mass is 16.5. The maximum Gasteiger partial charge on any atom is 0.325 e. The largest absolute Gasteiger partial charge is 0.497 e. The first-order valence-corrected chi connectivity index (χ1v) is 13.6. The van der Waals surface area contributed by atoms with Crippen molar-refractivity contribution in [2.75, 3.05) is 33.9 Å². The van der Waals surface area contributed by atoms with Crippen molar-refractivity contribution >= 4 is 16.9 Å². The molecule has 0 unspecified atom stereocenters. The molecule has 38 heavy (non-hydrogen) atoms. The molecular weight excluding hydrogens is 476 g/mol. The Morgan fingerprint density at radius 1 is 1.08 bits per heavy atom. The second-order valence-electron chi connectivity index (χ2n) is 10.7. The molecule has 4 heterocycles. The number of fused-ring (bicyclic) bond motifs is 4. The number of rotatable bonds is 5. The molecule has 0 saturated carbocycles. The Hall–Kier alpha value is -3.58. The number of likely N-dealkylation sites (N-methyl/N-ethyl adjacent to an activating group) is 1. The number of allylic oxidation sites excluding steroid dienone is 1. The summed E-state index contributed by atoms with van der Waals surface area (Å²) in [7, 11) is 3.37. The fraction of sp³-hybridized carbons (Fsp3) is 0.419. The van der Waals surface area contributed by atoms with Crippen molar-refractivity contribution in [1.29, 1.82) is 0 Å². The number of pyridine rings is 1. The number of aromatic nitrogens is 1. The molecule has 198 valence electrons. The number of benzene rings is 2. The van der Waals surface area contributed by atoms with Crippen molar-refractivity contribution in [1.82, 2.24) is 19.7 Å². The SMILES string of the molecule is CCN1C(=O)N2Cc3cc(OC)cc(OC)c3[C@@H](C)C=C2C12CCN(Cc1cccc3ncccc13)CC2. The second-order valence-corrected chi connectivity index (χ2v) is 10.7. The molecule has 0 N–H and O–H groups in total. The molecule has 7 nitrogen and oxygen atoms in total. The van der Waals surface area contributed by atoms with Gasteiger partial charge in [0.1, 0.15) is 11.5 Å². The maximum absolute atomic E-state index is 13.9. The zero-order chi connectivity index (χ0) is 26.4. The molecule has 3 aliphatic heterocycles. The zero-order valence-electron chi connectivity index (χ0n) is 22.7. The fourth-order valence-corrected chi connectivity index (χ4v) is 6.89. The molecule has 0 aliphatic carbocycles. The van der Waals surface area contributed by atoms with Crippen LogP contribution < -0.4 is 9.47 Å². The van der Waals surface area contributed by atoms with Gasteiger partial charge in [-0.2, -0.15) is 0 Å². The van der Waals surface area contributed by atoms with Crippen LogP contribution in [0.15, 0.2) is 60.4 Å². The molecule has 6 rings (SSSR count). The summed E-state index contributed by atoms with van der Waals surface area (Å²) in [5.74, 6) is 1.69. The summed E-state index contributed by atoms with van der Waals surface area (Å²) in [5.41, 5.74) is 5.45. The average Bonchev–Trinajstić information content (AvgIpc) is 3.04. The van der Waals surface area contributed by atoms with Gasteiger partial charge in [0.05, 0.1) is 31.8 Å². The van der Waals surface area contributed by atoms with E-state index in [0.717, 1.165) is 66.3 Å². The van der Waals surface area contributed by atoms with Crippen LogP contribution >= 0.6 is 0 Å². The van der Waals surface area contributed by atoms with E-state index in [0.29, 0.717) is 13.1 Å². The first-order chi connectivity index (χ1) is 18.5. The summed E-state index contributed by atoms with van der Waals surface area (Å²) in [6.07, 6.45) is 6.01. The molecule has 2 aromatic carbocycles. The molecule has 7 heteroatoms. The minimum absolute atomic E-state index is 0.106. The van der Waals surface area contributed by atoms with Gasteiger partial charge < -0.3 is 14.4 Å². The Balaban J connectivity index is 1.31. The van der Waals surface area contributed by atoms with Gasteiger partial charge in [0, 0.05) is 61.0 Å². The number of carbonyl (C=O) groups excluding carboxylic acids is 1. The zero-order valence-corrected chi connectivity index (χ0v) is 22.7. The number of likely N-dealkylation sites (tertiary alicyclic amines) is 1. The minimum atomic E-state index is -0.281. The Bertz CT molecular complexity index is 1400. The van der Waals surface area contributed by atoms with E-state index in [1.54, 1.807) is 14.2 Å². The summed E-state index contributed by atoms with van der Waals surface area (Å²) in [6, 6.07) is 14.7. The average molecular weight is 513 g/mol. The highest BCUT2D eigenvalue weighted by molar-refractivity contribution is 5.83. The first kappa shape index (κ1) is 24.7. The molecule has 0 bridgehead atoms. The van der Waals surface area contributed by atoms with Crippen LogP contribution in [0, 0.1) is 0 Å². The van der Waals surface area contributed by atoms with Crippen LogP contribution in [-0.2, 0) is 13.1 Å². The van der Waals surface area contributed by atoms with Crippen molar-refractivity contribution in [3.8, 4) is 11.5 Å². The number of hydrogen-bond acceptors (Lipinski definition) is 5. The summed E-state index contributed by atoms with van der Waals surface area (Å²) in [4.78, 5) is 25.1. The van der Waals surface area contributed by atoms with E-state index in [9.17, 15) is 4.79 Å². The number of amides is 2. The van der Waals surface area contributed by atoms with Crippen LogP contribution in [0.3, 0.4) is 0 Å². The molecule has 1 aromatic heterocycles. The van der Waals surface area contributed by atoms with Gasteiger partial charge in [-0.15, -0.1) is 0 Å². The van der Waals surface area contributed by atoms with Crippen molar-refractivity contribution in [2.24, 2.45) is 0 Å². The monoisotopic (exact) mass is 512 g/mol. The molecule has 1 atom stereocenters. The van der Waals surface area contributed by atoms with Gasteiger partial charge in [-0.3, -0.25) is 14.8 Å². The van der Waals surface area contributed by atoms with Crippen molar-refractivity contribution in [3.63, 3.8) is 0 Å². The molecule has 3 aromatic rings. The van der Waals surface area contributed by atoms with Crippen molar-refractivity contribution in [2.45, 2.75) is 51.2 Å². The third kappa shape index (κ3) is 3.83. The van der Waals surface area contributed by atoms with Gasteiger partial charge in [-0.1, -0.05) is 31.2 Å². The molecule has 0 radical (unpaired) electrons. The third-order valence-corrected chi connectivity index (χ3v) is 8.72. The summed E-state index contributed by atoms with van der Waals surface area (Å²) in [5, 5.41) is 1.22. The summed E-state index contributed by atoms with van der Waals surface area (Å²) < 4.78 is 11.3. The van der Waals surface area contributed by atoms with Gasteiger partial charge >= 0.3 is 6.03 Å². The molecule has 1 spiro atoms. The van der Waals surface area contributed by atoms with Crippen LogP contribution in [-0.4, -0.2) is 65.1 Å². The molecule has 2 fully saturated rings. The lowest BCUT2D eigenvalue weighted by Crippen LogP contribution is -2.53. The fourth-order valence-electron chi connectivity index (χ4n) is 6.89. The van der Waals surface area contributed by atoms with Gasteiger partial charge in [-0.05, 0) is 49.1 Å².